The molecule has 0 aliphatic rings. The summed E-state index contributed by atoms with van der Waals surface area (Å²) < 4.78 is 7.55. The summed E-state index contributed by atoms with van der Waals surface area (Å²) >= 11 is 3.73. The molecule has 13 aromatic rings. The lowest BCUT2D eigenvalue weighted by molar-refractivity contribution is 1.15. The molecule has 0 N–H and O–H groups in total. The number of nitrogens with zero attached hydrogens (tertiary/aromatic N) is 3. The molecule has 0 saturated carbocycles. The normalized spacial score (nSPS) is 11.8. The van der Waals surface area contributed by atoms with Crippen molar-refractivity contribution in [3.63, 3.8) is 0 Å². The predicted molar refractivity (Wildman–Crippen MR) is 269 cm³/mol. The van der Waals surface area contributed by atoms with Crippen LogP contribution in [0.5, 0.6) is 0 Å². The fourth-order valence-corrected chi connectivity index (χ4v) is 12.0. The highest BCUT2D eigenvalue weighted by Crippen LogP contribution is 2.45. The van der Waals surface area contributed by atoms with Gasteiger partial charge in [0.15, 0.2) is 5.82 Å². The van der Waals surface area contributed by atoms with E-state index in [0.717, 1.165) is 55.9 Å². The molecule has 0 fully saturated rings. The molecule has 0 radical (unpaired) electrons. The van der Waals surface area contributed by atoms with Crippen LogP contribution in [0, 0.1) is 0 Å². The van der Waals surface area contributed by atoms with Crippen molar-refractivity contribution >= 4 is 84.8 Å². The van der Waals surface area contributed by atoms with Crippen LogP contribution in [0.4, 0.5) is 0 Å². The Hall–Kier alpha value is -7.70. The third-order valence-corrected chi connectivity index (χ3v) is 14.9. The molecule has 0 saturated heterocycles. The summed E-state index contributed by atoms with van der Waals surface area (Å²) in [6.45, 7) is 0. The Kier molecular flexibility index (Phi) is 8.26. The second-order valence-electron chi connectivity index (χ2n) is 16.1. The average molecular weight is 838 g/mol. The Morgan fingerprint density at radius 3 is 1.40 bits per heavy atom. The topological polar surface area (TPSA) is 30.7 Å². The third-order valence-electron chi connectivity index (χ3n) is 12.4. The van der Waals surface area contributed by atoms with Gasteiger partial charge < -0.3 is 4.57 Å². The number of hydrogen-bond acceptors (Lipinski definition) is 4. The Labute approximate surface area is 371 Å². The lowest BCUT2D eigenvalue weighted by atomic mass is 9.93. The summed E-state index contributed by atoms with van der Waals surface area (Å²) in [5.74, 6) is 0.685. The van der Waals surface area contributed by atoms with E-state index in [1.165, 1.54) is 62.2 Å². The average Bonchev–Trinajstić information content (AvgIpc) is 4.04. The fraction of sp³-hybridized carbons (Fsp3) is 0. The van der Waals surface area contributed by atoms with E-state index in [9.17, 15) is 0 Å². The fourth-order valence-electron chi connectivity index (χ4n) is 9.55. The van der Waals surface area contributed by atoms with Crippen LogP contribution < -0.4 is 0 Å². The Morgan fingerprint density at radius 2 is 0.778 bits per heavy atom. The first-order chi connectivity index (χ1) is 31.2. The molecule has 4 aromatic heterocycles. The molecule has 0 unspecified atom stereocenters. The van der Waals surface area contributed by atoms with Crippen molar-refractivity contribution in [2.75, 3.05) is 0 Å². The first-order valence-corrected chi connectivity index (χ1v) is 22.9. The molecule has 5 heteroatoms. The highest BCUT2D eigenvalue weighted by Gasteiger charge is 2.20. The summed E-state index contributed by atoms with van der Waals surface area (Å²) in [6.07, 6.45) is 0. The van der Waals surface area contributed by atoms with Gasteiger partial charge in [-0.15, -0.1) is 22.7 Å². The molecular weight excluding hydrogens is 803 g/mol. The maximum Gasteiger partial charge on any atom is 0.160 e. The summed E-state index contributed by atoms with van der Waals surface area (Å²) in [5, 5.41) is 7.60. The Morgan fingerprint density at radius 1 is 0.317 bits per heavy atom. The van der Waals surface area contributed by atoms with Crippen LogP contribution in [0.25, 0.3) is 124 Å². The van der Waals surface area contributed by atoms with Crippen molar-refractivity contribution in [1.29, 1.82) is 0 Å². The van der Waals surface area contributed by atoms with E-state index < -0.39 is 0 Å². The van der Waals surface area contributed by atoms with E-state index in [1.807, 2.05) is 28.7 Å². The van der Waals surface area contributed by atoms with Crippen LogP contribution in [-0.2, 0) is 0 Å². The van der Waals surface area contributed by atoms with Gasteiger partial charge in [-0.05, 0) is 76.9 Å². The number of hydrogen-bond donors (Lipinski definition) is 0. The highest BCUT2D eigenvalue weighted by atomic mass is 32.1. The lowest BCUT2D eigenvalue weighted by Gasteiger charge is -2.16. The van der Waals surface area contributed by atoms with Gasteiger partial charge >= 0.3 is 0 Å². The quantitative estimate of drug-likeness (QED) is 0.167. The zero-order chi connectivity index (χ0) is 41.4. The number of benzene rings is 9. The zero-order valence-corrected chi connectivity index (χ0v) is 35.5. The van der Waals surface area contributed by atoms with E-state index in [4.69, 9.17) is 9.97 Å². The van der Waals surface area contributed by atoms with Crippen molar-refractivity contribution < 1.29 is 0 Å². The van der Waals surface area contributed by atoms with Gasteiger partial charge in [0.05, 0.1) is 28.1 Å². The van der Waals surface area contributed by atoms with Gasteiger partial charge in [-0.3, -0.25) is 0 Å². The monoisotopic (exact) mass is 837 g/mol. The summed E-state index contributed by atoms with van der Waals surface area (Å²) in [5.41, 5.74) is 12.9. The minimum Gasteiger partial charge on any atom is -0.309 e. The molecule has 0 aliphatic carbocycles. The molecule has 0 amide bonds. The van der Waals surface area contributed by atoms with E-state index in [-0.39, 0.29) is 0 Å². The van der Waals surface area contributed by atoms with E-state index in [2.05, 4.69) is 211 Å². The first kappa shape index (κ1) is 36.0. The molecule has 0 bridgehead atoms. The molecule has 0 atom stereocenters. The van der Waals surface area contributed by atoms with Crippen molar-refractivity contribution in [2.45, 2.75) is 0 Å². The Bertz CT molecular complexity index is 3740. The first-order valence-electron chi connectivity index (χ1n) is 21.2. The van der Waals surface area contributed by atoms with Crippen molar-refractivity contribution in [3.05, 3.63) is 212 Å². The largest absolute Gasteiger partial charge is 0.309 e. The molecule has 9 aromatic carbocycles. The highest BCUT2D eigenvalue weighted by molar-refractivity contribution is 7.26. The van der Waals surface area contributed by atoms with Gasteiger partial charge in [-0.25, -0.2) is 9.97 Å². The van der Waals surface area contributed by atoms with Crippen LogP contribution >= 0.6 is 22.7 Å². The minimum atomic E-state index is 0.685. The number of para-hydroxylation sites is 3. The smallest absolute Gasteiger partial charge is 0.160 e. The van der Waals surface area contributed by atoms with Crippen LogP contribution in [0.15, 0.2) is 212 Å². The maximum absolute atomic E-state index is 5.44. The van der Waals surface area contributed by atoms with Crippen molar-refractivity contribution in [3.8, 4) is 61.8 Å². The van der Waals surface area contributed by atoms with Gasteiger partial charge in [-0.2, -0.15) is 0 Å². The predicted octanol–water partition coefficient (Wildman–Crippen LogP) is 16.6. The van der Waals surface area contributed by atoms with Crippen LogP contribution in [0.2, 0.25) is 0 Å². The second-order valence-corrected chi connectivity index (χ2v) is 18.2. The second kappa shape index (κ2) is 14.5. The van der Waals surface area contributed by atoms with Gasteiger partial charge in [0.2, 0.25) is 0 Å². The maximum atomic E-state index is 5.44. The summed E-state index contributed by atoms with van der Waals surface area (Å²) in [7, 11) is 0. The zero-order valence-electron chi connectivity index (χ0n) is 33.9. The van der Waals surface area contributed by atoms with Crippen molar-refractivity contribution in [2.24, 2.45) is 0 Å². The lowest BCUT2D eigenvalue weighted by Crippen LogP contribution is -2.01. The molecule has 0 aliphatic heterocycles. The summed E-state index contributed by atoms with van der Waals surface area (Å²) in [4.78, 5) is 10.8. The van der Waals surface area contributed by atoms with Crippen LogP contribution in [0.3, 0.4) is 0 Å². The number of fused-ring (bicyclic) bond motifs is 9. The van der Waals surface area contributed by atoms with E-state index >= 15 is 0 Å². The number of aromatic nitrogens is 3. The van der Waals surface area contributed by atoms with Gasteiger partial charge in [-0.1, -0.05) is 158 Å². The summed E-state index contributed by atoms with van der Waals surface area (Å²) in [6, 6.07) is 76.7. The molecular formula is C58H35N3S2. The van der Waals surface area contributed by atoms with E-state index in [1.54, 1.807) is 0 Å². The molecule has 13 rings (SSSR count). The molecule has 3 nitrogen and oxygen atoms in total. The number of rotatable bonds is 6. The third kappa shape index (κ3) is 5.85. The van der Waals surface area contributed by atoms with Crippen molar-refractivity contribution in [1.82, 2.24) is 14.5 Å². The van der Waals surface area contributed by atoms with Gasteiger partial charge in [0.25, 0.3) is 0 Å². The molecule has 294 valence electrons. The molecule has 4 heterocycles. The number of thiophene rings is 2. The standard InChI is InChI=1S/C58H35N3S2/c1-2-16-36(17-3-1)58-59-49(35-50(60-58)48-22-6-11-29-53(48)61-51-27-9-4-18-42(51)43-19-5-10-28-52(43)61)39-33-37(40-23-14-25-46-44-20-7-12-30-54(44)62-56(40)46)32-38(34-39)41-24-15-26-47-45-21-8-13-31-55(45)63-57(41)47/h1-35H. The van der Waals surface area contributed by atoms with Gasteiger partial charge in [0.1, 0.15) is 0 Å². The molecule has 0 spiro atoms. The van der Waals surface area contributed by atoms with Crippen LogP contribution in [0.1, 0.15) is 0 Å². The molecule has 63 heavy (non-hydrogen) atoms. The van der Waals surface area contributed by atoms with Crippen LogP contribution in [-0.4, -0.2) is 14.5 Å². The SMILES string of the molecule is c1ccc(-c2nc(-c3cc(-c4cccc5c4sc4ccccc45)cc(-c4cccc5c4sc4ccccc45)c3)cc(-c3ccccc3-n3c4ccccc4c4ccccc43)n2)cc1. The Balaban J connectivity index is 1.08. The van der Waals surface area contributed by atoms with Gasteiger partial charge in [0, 0.05) is 67.8 Å². The minimum absolute atomic E-state index is 0.685. The van der Waals surface area contributed by atoms with E-state index in [0.29, 0.717) is 5.82 Å².